The summed E-state index contributed by atoms with van der Waals surface area (Å²) in [4.78, 5) is 45.5. The minimum Gasteiger partial charge on any atom is -0.497 e. The fraction of sp³-hybridized carbons (Fsp3) is 0.393. The van der Waals surface area contributed by atoms with E-state index in [2.05, 4.69) is 10.3 Å². The number of fused-ring (bicyclic) bond motifs is 1. The number of ether oxygens (including phenoxy) is 1. The fourth-order valence-electron chi connectivity index (χ4n) is 5.49. The third kappa shape index (κ3) is 4.43. The molecule has 8 nitrogen and oxygen atoms in total. The number of carbonyl (C=O) groups excluding carboxylic acids is 3. The molecule has 5 rings (SSSR count). The number of nitrogens with zero attached hydrogens (tertiary/aromatic N) is 2. The average Bonchev–Trinajstić information content (AvgIpc) is 3.41. The molecule has 2 fully saturated rings. The third-order valence-electron chi connectivity index (χ3n) is 7.77. The van der Waals surface area contributed by atoms with E-state index < -0.39 is 5.54 Å². The SMILES string of the molecule is COc1ccc(CCN2C(=O)N[C@](C)(C3CCN(C(=O)Cc4c[nH]c5ccccc45)CC3)C2=O)cc1. The number of imide groups is 1. The molecule has 36 heavy (non-hydrogen) atoms. The monoisotopic (exact) mass is 488 g/mol. The van der Waals surface area contributed by atoms with Gasteiger partial charge in [-0.05, 0) is 61.4 Å². The van der Waals surface area contributed by atoms with E-state index in [0.29, 0.717) is 45.3 Å². The maximum atomic E-state index is 13.3. The van der Waals surface area contributed by atoms with Crippen LogP contribution in [0.3, 0.4) is 0 Å². The molecule has 2 N–H and O–H groups in total. The summed E-state index contributed by atoms with van der Waals surface area (Å²) in [6, 6.07) is 15.3. The van der Waals surface area contributed by atoms with Gasteiger partial charge >= 0.3 is 6.03 Å². The molecule has 3 aromatic rings. The van der Waals surface area contributed by atoms with Crippen molar-refractivity contribution in [1.29, 1.82) is 0 Å². The van der Waals surface area contributed by atoms with Crippen LogP contribution in [0.1, 0.15) is 30.9 Å². The summed E-state index contributed by atoms with van der Waals surface area (Å²) in [5.41, 5.74) is 2.12. The molecule has 2 aliphatic rings. The van der Waals surface area contributed by atoms with Crippen LogP contribution < -0.4 is 10.1 Å². The van der Waals surface area contributed by atoms with Crippen LogP contribution in [0.4, 0.5) is 4.79 Å². The number of H-pyrrole nitrogens is 1. The highest BCUT2D eigenvalue weighted by atomic mass is 16.5. The molecule has 8 heteroatoms. The number of aromatic amines is 1. The largest absolute Gasteiger partial charge is 0.497 e. The van der Waals surface area contributed by atoms with Crippen molar-refractivity contribution in [1.82, 2.24) is 20.1 Å². The minimum atomic E-state index is -0.941. The van der Waals surface area contributed by atoms with Gasteiger partial charge in [0.25, 0.3) is 5.91 Å². The van der Waals surface area contributed by atoms with Crippen LogP contribution in [0.2, 0.25) is 0 Å². The summed E-state index contributed by atoms with van der Waals surface area (Å²) < 4.78 is 5.19. The van der Waals surface area contributed by atoms with Crippen LogP contribution in [0.5, 0.6) is 5.75 Å². The lowest BCUT2D eigenvalue weighted by Crippen LogP contribution is -2.54. The number of rotatable bonds is 7. The highest BCUT2D eigenvalue weighted by Crippen LogP contribution is 2.34. The molecule has 2 aliphatic heterocycles. The standard InChI is InChI=1S/C28H32N4O4/c1-28(26(34)32(27(35)30-28)16-11-19-7-9-22(36-2)10-8-19)21-12-14-31(15-13-21)25(33)17-20-18-29-24-6-4-3-5-23(20)24/h3-10,18,21,29H,11-17H2,1-2H3,(H,30,35)/t28-/m1/s1. The van der Waals surface area contributed by atoms with Gasteiger partial charge < -0.3 is 19.9 Å². The van der Waals surface area contributed by atoms with E-state index in [0.717, 1.165) is 27.8 Å². The number of para-hydroxylation sites is 1. The first-order valence-electron chi connectivity index (χ1n) is 12.5. The second-order valence-corrected chi connectivity index (χ2v) is 9.88. The lowest BCUT2D eigenvalue weighted by molar-refractivity contribution is -0.135. The molecular formula is C28H32N4O4. The lowest BCUT2D eigenvalue weighted by atomic mass is 9.78. The van der Waals surface area contributed by atoms with Gasteiger partial charge in [-0.2, -0.15) is 0 Å². The van der Waals surface area contributed by atoms with E-state index in [9.17, 15) is 14.4 Å². The summed E-state index contributed by atoms with van der Waals surface area (Å²) in [5.74, 6) is 0.667. The molecule has 3 heterocycles. The van der Waals surface area contributed by atoms with Crippen LogP contribution in [0.15, 0.2) is 54.7 Å². The molecule has 0 unspecified atom stereocenters. The predicted octanol–water partition coefficient (Wildman–Crippen LogP) is 3.51. The third-order valence-corrected chi connectivity index (χ3v) is 7.77. The Hall–Kier alpha value is -3.81. The minimum absolute atomic E-state index is 0.0166. The molecule has 0 bridgehead atoms. The molecule has 188 valence electrons. The van der Waals surface area contributed by atoms with E-state index in [4.69, 9.17) is 4.74 Å². The molecule has 1 aromatic heterocycles. The Morgan fingerprint density at radius 1 is 1.08 bits per heavy atom. The summed E-state index contributed by atoms with van der Waals surface area (Å²) in [7, 11) is 1.62. The summed E-state index contributed by atoms with van der Waals surface area (Å²) >= 11 is 0. The van der Waals surface area contributed by atoms with Crippen molar-refractivity contribution < 1.29 is 19.1 Å². The van der Waals surface area contributed by atoms with Gasteiger partial charge in [-0.1, -0.05) is 30.3 Å². The zero-order valence-electron chi connectivity index (χ0n) is 20.8. The number of methoxy groups -OCH3 is 1. The van der Waals surface area contributed by atoms with Crippen molar-refractivity contribution in [3.63, 3.8) is 0 Å². The average molecular weight is 489 g/mol. The highest BCUT2D eigenvalue weighted by Gasteiger charge is 2.52. The first-order valence-corrected chi connectivity index (χ1v) is 12.5. The fourth-order valence-corrected chi connectivity index (χ4v) is 5.49. The van der Waals surface area contributed by atoms with Crippen molar-refractivity contribution in [3.8, 4) is 5.75 Å². The number of piperidine rings is 1. The van der Waals surface area contributed by atoms with E-state index >= 15 is 0 Å². The second kappa shape index (κ2) is 9.68. The molecule has 1 atom stereocenters. The molecule has 4 amide bonds. The van der Waals surface area contributed by atoms with Crippen LogP contribution >= 0.6 is 0 Å². The molecule has 2 saturated heterocycles. The number of urea groups is 1. The predicted molar refractivity (Wildman–Crippen MR) is 137 cm³/mol. The van der Waals surface area contributed by atoms with Crippen LogP contribution in [0.25, 0.3) is 10.9 Å². The topological polar surface area (TPSA) is 94.7 Å². The quantitative estimate of drug-likeness (QED) is 0.498. The molecule has 2 aromatic carbocycles. The number of likely N-dealkylation sites (tertiary alicyclic amines) is 1. The maximum absolute atomic E-state index is 13.3. The normalized spacial score (nSPS) is 20.7. The summed E-state index contributed by atoms with van der Waals surface area (Å²) in [6.45, 7) is 3.32. The summed E-state index contributed by atoms with van der Waals surface area (Å²) in [6.07, 6.45) is 4.19. The molecule has 0 aliphatic carbocycles. The Labute approximate surface area is 210 Å². The van der Waals surface area contributed by atoms with Crippen molar-refractivity contribution >= 4 is 28.7 Å². The highest BCUT2D eigenvalue weighted by molar-refractivity contribution is 6.07. The van der Waals surface area contributed by atoms with Crippen molar-refractivity contribution in [3.05, 3.63) is 65.9 Å². The Morgan fingerprint density at radius 2 is 1.81 bits per heavy atom. The van der Waals surface area contributed by atoms with Gasteiger partial charge in [0.05, 0.1) is 13.5 Å². The molecular weight excluding hydrogens is 456 g/mol. The Kier molecular flexibility index (Phi) is 6.43. The van der Waals surface area contributed by atoms with Gasteiger partial charge in [-0.15, -0.1) is 0 Å². The Morgan fingerprint density at radius 3 is 2.53 bits per heavy atom. The van der Waals surface area contributed by atoms with Crippen LogP contribution in [0, 0.1) is 5.92 Å². The van der Waals surface area contributed by atoms with Gasteiger partial charge in [0.1, 0.15) is 11.3 Å². The lowest BCUT2D eigenvalue weighted by Gasteiger charge is -2.39. The number of aromatic nitrogens is 1. The molecule has 0 saturated carbocycles. The maximum Gasteiger partial charge on any atom is 0.325 e. The van der Waals surface area contributed by atoms with Crippen molar-refractivity contribution in [2.45, 2.75) is 38.1 Å². The zero-order chi connectivity index (χ0) is 25.3. The van der Waals surface area contributed by atoms with Gasteiger partial charge in [0.15, 0.2) is 0 Å². The zero-order valence-corrected chi connectivity index (χ0v) is 20.8. The Bertz CT molecular complexity index is 1280. The van der Waals surface area contributed by atoms with Gasteiger partial charge in [-0.25, -0.2) is 4.79 Å². The number of nitrogens with one attached hydrogen (secondary N) is 2. The number of hydrogen-bond acceptors (Lipinski definition) is 4. The van der Waals surface area contributed by atoms with Crippen LogP contribution in [-0.4, -0.2) is 64.9 Å². The first kappa shape index (κ1) is 23.9. The summed E-state index contributed by atoms with van der Waals surface area (Å²) in [5, 5.41) is 4.04. The molecule has 0 spiro atoms. The van der Waals surface area contributed by atoms with Gasteiger partial charge in [0.2, 0.25) is 5.91 Å². The number of amides is 4. The smallest absolute Gasteiger partial charge is 0.325 e. The van der Waals surface area contributed by atoms with Crippen molar-refractivity contribution in [2.24, 2.45) is 5.92 Å². The van der Waals surface area contributed by atoms with E-state index in [1.807, 2.05) is 66.6 Å². The van der Waals surface area contributed by atoms with Crippen LogP contribution in [-0.2, 0) is 22.4 Å². The number of benzene rings is 2. The van der Waals surface area contributed by atoms with E-state index in [1.165, 1.54) is 4.90 Å². The number of carbonyl (C=O) groups is 3. The second-order valence-electron chi connectivity index (χ2n) is 9.88. The van der Waals surface area contributed by atoms with Crippen molar-refractivity contribution in [2.75, 3.05) is 26.7 Å². The van der Waals surface area contributed by atoms with E-state index in [-0.39, 0.29) is 23.8 Å². The molecule has 0 radical (unpaired) electrons. The van der Waals surface area contributed by atoms with Gasteiger partial charge in [0, 0.05) is 36.7 Å². The number of hydrogen-bond donors (Lipinski definition) is 2. The van der Waals surface area contributed by atoms with E-state index in [1.54, 1.807) is 7.11 Å². The Balaban J connectivity index is 1.17. The first-order chi connectivity index (χ1) is 17.4. The van der Waals surface area contributed by atoms with Gasteiger partial charge in [-0.3, -0.25) is 14.5 Å².